The van der Waals surface area contributed by atoms with E-state index in [-0.39, 0.29) is 0 Å². The van der Waals surface area contributed by atoms with Crippen molar-refractivity contribution in [3.8, 4) is 11.3 Å². The lowest BCUT2D eigenvalue weighted by atomic mass is 10.1. The molecule has 2 aromatic heterocycles. The summed E-state index contributed by atoms with van der Waals surface area (Å²) in [6, 6.07) is 8.40. The van der Waals surface area contributed by atoms with E-state index in [1.165, 1.54) is 21.4 Å². The monoisotopic (exact) mass is 353 g/mol. The first-order valence-corrected chi connectivity index (χ1v) is 9.66. The van der Waals surface area contributed by atoms with Gasteiger partial charge in [-0.1, -0.05) is 31.7 Å². The summed E-state index contributed by atoms with van der Waals surface area (Å²) in [5.41, 5.74) is 10.5. The summed E-state index contributed by atoms with van der Waals surface area (Å²) in [5, 5.41) is 7.22. The third kappa shape index (κ3) is 2.74. The van der Waals surface area contributed by atoms with Crippen molar-refractivity contribution in [2.75, 3.05) is 19.6 Å². The largest absolute Gasteiger partial charge is 0.326 e. The quantitative estimate of drug-likeness (QED) is 0.576. The Morgan fingerprint density at radius 1 is 1.20 bits per heavy atom. The maximum atomic E-state index is 5.99. The first-order valence-electron chi connectivity index (χ1n) is 8.84. The number of hydrogen-bond donors (Lipinski definition) is 1. The van der Waals surface area contributed by atoms with Gasteiger partial charge in [-0.05, 0) is 36.9 Å². The van der Waals surface area contributed by atoms with Gasteiger partial charge in [-0.3, -0.25) is 4.68 Å². The molecule has 0 atom stereocenters. The second kappa shape index (κ2) is 6.78. The predicted molar refractivity (Wildman–Crippen MR) is 103 cm³/mol. The molecule has 0 saturated heterocycles. The molecule has 0 spiro atoms. The van der Waals surface area contributed by atoms with Gasteiger partial charge in [-0.25, -0.2) is 4.98 Å². The number of nitrogens with zero attached hydrogens (tertiary/aromatic N) is 4. The number of rotatable bonds is 6. The van der Waals surface area contributed by atoms with Crippen molar-refractivity contribution >= 4 is 22.7 Å². The van der Waals surface area contributed by atoms with Crippen molar-refractivity contribution in [2.24, 2.45) is 5.73 Å². The van der Waals surface area contributed by atoms with Crippen LogP contribution in [0.4, 0.5) is 0 Å². The van der Waals surface area contributed by atoms with Crippen LogP contribution < -0.4 is 5.73 Å². The Hall–Kier alpha value is -1.89. The van der Waals surface area contributed by atoms with E-state index in [0.717, 1.165) is 42.5 Å². The highest BCUT2D eigenvalue weighted by atomic mass is 32.2. The van der Waals surface area contributed by atoms with Gasteiger partial charge in [0.05, 0.1) is 12.1 Å². The summed E-state index contributed by atoms with van der Waals surface area (Å²) in [6.45, 7) is 8.96. The van der Waals surface area contributed by atoms with Gasteiger partial charge in [0.15, 0.2) is 0 Å². The fourth-order valence-corrected chi connectivity index (χ4v) is 4.61. The van der Waals surface area contributed by atoms with Crippen molar-refractivity contribution in [3.05, 3.63) is 36.0 Å². The summed E-state index contributed by atoms with van der Waals surface area (Å²) in [6.07, 6.45) is 1.84. The molecule has 1 aliphatic rings. The van der Waals surface area contributed by atoms with Gasteiger partial charge >= 0.3 is 0 Å². The van der Waals surface area contributed by atoms with Crippen LogP contribution in [0.3, 0.4) is 0 Å². The minimum Gasteiger partial charge on any atom is -0.326 e. The van der Waals surface area contributed by atoms with Crippen LogP contribution in [0.5, 0.6) is 0 Å². The molecular formula is C19H23N5S. The average molecular weight is 353 g/mol. The van der Waals surface area contributed by atoms with E-state index in [2.05, 4.69) is 46.6 Å². The molecule has 1 aromatic carbocycles. The molecule has 0 aliphatic carbocycles. The number of aromatic nitrogens is 3. The minimum absolute atomic E-state index is 0.532. The van der Waals surface area contributed by atoms with Gasteiger partial charge in [0.2, 0.25) is 0 Å². The first-order chi connectivity index (χ1) is 12.3. The molecule has 4 rings (SSSR count). The van der Waals surface area contributed by atoms with Crippen LogP contribution >= 0.6 is 11.8 Å². The molecule has 0 bridgehead atoms. The average Bonchev–Trinajstić information content (AvgIpc) is 3.03. The summed E-state index contributed by atoms with van der Waals surface area (Å²) >= 11 is 1.72. The third-order valence-corrected chi connectivity index (χ3v) is 6.11. The smallest absolute Gasteiger partial charge is 0.110 e. The van der Waals surface area contributed by atoms with E-state index >= 15 is 0 Å². The summed E-state index contributed by atoms with van der Waals surface area (Å²) in [7, 11) is 0. The lowest BCUT2D eigenvalue weighted by molar-refractivity contribution is 0.287. The molecule has 0 unspecified atom stereocenters. The van der Waals surface area contributed by atoms with Gasteiger partial charge in [-0.2, -0.15) is 5.10 Å². The molecule has 2 N–H and O–H groups in total. The van der Waals surface area contributed by atoms with Crippen molar-refractivity contribution in [3.63, 3.8) is 0 Å². The van der Waals surface area contributed by atoms with Gasteiger partial charge < -0.3 is 10.6 Å². The molecule has 3 aromatic rings. The Balaban J connectivity index is 1.85. The van der Waals surface area contributed by atoms with Gasteiger partial charge in [0.25, 0.3) is 0 Å². The number of pyridine rings is 1. The highest BCUT2D eigenvalue weighted by molar-refractivity contribution is 7.99. The number of nitrogens with two attached hydrogens (primary N) is 1. The van der Waals surface area contributed by atoms with Crippen LogP contribution in [0, 0.1) is 0 Å². The van der Waals surface area contributed by atoms with Crippen LogP contribution in [-0.4, -0.2) is 39.3 Å². The van der Waals surface area contributed by atoms with Gasteiger partial charge in [0.1, 0.15) is 10.7 Å². The zero-order valence-corrected chi connectivity index (χ0v) is 15.5. The van der Waals surface area contributed by atoms with E-state index in [0.29, 0.717) is 6.54 Å². The Bertz CT molecular complexity index is 914. The highest BCUT2D eigenvalue weighted by Crippen LogP contribution is 2.47. The first kappa shape index (κ1) is 16.6. The minimum atomic E-state index is 0.532. The molecule has 6 heteroatoms. The molecule has 1 aliphatic heterocycles. The Labute approximate surface area is 152 Å². The summed E-state index contributed by atoms with van der Waals surface area (Å²) in [4.78, 5) is 8.20. The fraction of sp³-hybridized carbons (Fsp3) is 0.368. The van der Waals surface area contributed by atoms with Crippen LogP contribution in [0.15, 0.2) is 40.4 Å². The van der Waals surface area contributed by atoms with Crippen LogP contribution in [-0.2, 0) is 13.1 Å². The maximum Gasteiger partial charge on any atom is 0.110 e. The highest BCUT2D eigenvalue weighted by Gasteiger charge is 2.26. The Kier molecular flexibility index (Phi) is 4.50. The topological polar surface area (TPSA) is 60.0 Å². The molecule has 0 fully saturated rings. The van der Waals surface area contributed by atoms with E-state index in [9.17, 15) is 0 Å². The van der Waals surface area contributed by atoms with E-state index in [1.54, 1.807) is 11.8 Å². The van der Waals surface area contributed by atoms with Gasteiger partial charge in [0, 0.05) is 35.1 Å². The number of likely N-dealkylation sites (N-methyl/N-ethyl adjacent to an activating group) is 1. The molecule has 0 saturated carbocycles. The molecular weight excluding hydrogens is 330 g/mol. The lowest BCUT2D eigenvalue weighted by Crippen LogP contribution is -2.27. The summed E-state index contributed by atoms with van der Waals surface area (Å²) < 4.78 is 2.15. The molecule has 130 valence electrons. The molecule has 25 heavy (non-hydrogen) atoms. The van der Waals surface area contributed by atoms with E-state index in [4.69, 9.17) is 10.8 Å². The van der Waals surface area contributed by atoms with Crippen LogP contribution in [0.2, 0.25) is 0 Å². The molecule has 0 amide bonds. The van der Waals surface area contributed by atoms with Gasteiger partial charge in [-0.15, -0.1) is 0 Å². The number of fused-ring (bicyclic) bond motifs is 2. The van der Waals surface area contributed by atoms with Crippen molar-refractivity contribution < 1.29 is 0 Å². The molecule has 3 heterocycles. The zero-order chi connectivity index (χ0) is 17.4. The second-order valence-electron chi connectivity index (χ2n) is 6.21. The summed E-state index contributed by atoms with van der Waals surface area (Å²) in [5.74, 6) is 0. The lowest BCUT2D eigenvalue weighted by Gasteiger charge is -2.18. The number of hydrogen-bond acceptors (Lipinski definition) is 5. The van der Waals surface area contributed by atoms with E-state index in [1.807, 2.05) is 12.3 Å². The second-order valence-corrected chi connectivity index (χ2v) is 7.21. The van der Waals surface area contributed by atoms with Crippen molar-refractivity contribution in [1.82, 2.24) is 19.7 Å². The standard InChI is InChI=1S/C19H23N5S/c1-3-23(4-2)10-11-24-15-8-7-13(12-20)18-16(15)17(22-24)14-6-5-9-21-19(14)25-18/h5-9H,3-4,10-12,20H2,1-2H3. The molecule has 5 nitrogen and oxygen atoms in total. The normalized spacial score (nSPS) is 12.8. The van der Waals surface area contributed by atoms with E-state index < -0.39 is 0 Å². The van der Waals surface area contributed by atoms with Crippen LogP contribution in [0.1, 0.15) is 19.4 Å². The number of benzene rings is 1. The Morgan fingerprint density at radius 3 is 2.80 bits per heavy atom. The van der Waals surface area contributed by atoms with Crippen molar-refractivity contribution in [1.29, 1.82) is 0 Å². The predicted octanol–water partition coefficient (Wildman–Crippen LogP) is 3.36. The Morgan fingerprint density at radius 2 is 2.04 bits per heavy atom. The maximum absolute atomic E-state index is 5.99. The SMILES string of the molecule is CCN(CC)CCn1nc2c3c(c(CN)ccc31)Sc1ncccc1-2. The van der Waals surface area contributed by atoms with Crippen LogP contribution in [0.25, 0.3) is 22.2 Å². The molecule has 0 radical (unpaired) electrons. The van der Waals surface area contributed by atoms with Crippen molar-refractivity contribution in [2.45, 2.75) is 36.9 Å². The zero-order valence-electron chi connectivity index (χ0n) is 14.7. The third-order valence-electron chi connectivity index (χ3n) is 4.92. The fourth-order valence-electron chi connectivity index (χ4n) is 3.45.